The zero-order valence-corrected chi connectivity index (χ0v) is 15.7. The summed E-state index contributed by atoms with van der Waals surface area (Å²) in [5, 5.41) is 0. The second-order valence-electron chi connectivity index (χ2n) is 9.00. The second kappa shape index (κ2) is 6.43. The first kappa shape index (κ1) is 17.4. The SMILES string of the molecule is O=C(CC12CC3CC(CC(C3)C1)C2)NNC(=O)c1cnc2ccccn2c1=O. The molecule has 7 nitrogen and oxygen atoms in total. The monoisotopic (exact) mass is 380 g/mol. The van der Waals surface area contributed by atoms with Gasteiger partial charge in [-0.25, -0.2) is 4.98 Å². The molecular weight excluding hydrogens is 356 g/mol. The fourth-order valence-electron chi connectivity index (χ4n) is 6.27. The maximum atomic E-state index is 12.5. The lowest BCUT2D eigenvalue weighted by Gasteiger charge is -2.56. The Hall–Kier alpha value is -2.70. The van der Waals surface area contributed by atoms with Crippen LogP contribution in [0.5, 0.6) is 0 Å². The molecule has 0 saturated heterocycles. The largest absolute Gasteiger partial charge is 0.276 e. The van der Waals surface area contributed by atoms with E-state index in [0.717, 1.165) is 37.0 Å². The Bertz CT molecular complexity index is 977. The quantitative estimate of drug-likeness (QED) is 0.797. The van der Waals surface area contributed by atoms with Crippen molar-refractivity contribution in [1.82, 2.24) is 20.2 Å². The van der Waals surface area contributed by atoms with E-state index in [1.807, 2.05) is 0 Å². The molecule has 2 aromatic heterocycles. The minimum Gasteiger partial charge on any atom is -0.273 e. The van der Waals surface area contributed by atoms with Crippen molar-refractivity contribution >= 4 is 17.5 Å². The smallest absolute Gasteiger partial charge is 0.273 e. The first-order chi connectivity index (χ1) is 13.5. The third-order valence-electron chi connectivity index (χ3n) is 6.87. The van der Waals surface area contributed by atoms with Crippen molar-refractivity contribution in [3.05, 3.63) is 46.5 Å². The van der Waals surface area contributed by atoms with Gasteiger partial charge in [0.25, 0.3) is 11.5 Å². The Labute approximate surface area is 162 Å². The highest BCUT2D eigenvalue weighted by molar-refractivity contribution is 5.95. The molecule has 146 valence electrons. The van der Waals surface area contributed by atoms with Crippen molar-refractivity contribution < 1.29 is 9.59 Å². The van der Waals surface area contributed by atoms with E-state index >= 15 is 0 Å². The van der Waals surface area contributed by atoms with Crippen molar-refractivity contribution in [2.24, 2.45) is 23.2 Å². The summed E-state index contributed by atoms with van der Waals surface area (Å²) in [5.74, 6) is 1.51. The number of pyridine rings is 1. The Kier molecular flexibility index (Phi) is 4.00. The number of carbonyl (C=O) groups excluding carboxylic acids is 2. The predicted octanol–water partition coefficient (Wildman–Crippen LogP) is 2.06. The minimum atomic E-state index is -0.644. The number of hydrogen-bond acceptors (Lipinski definition) is 4. The normalized spacial score (nSPS) is 30.4. The average molecular weight is 380 g/mol. The summed E-state index contributed by atoms with van der Waals surface area (Å²) in [6.07, 6.45) is 10.7. The molecule has 0 aliphatic heterocycles. The summed E-state index contributed by atoms with van der Waals surface area (Å²) in [6, 6.07) is 5.16. The molecule has 4 fully saturated rings. The van der Waals surface area contributed by atoms with Crippen LogP contribution in [0.3, 0.4) is 0 Å². The topological polar surface area (TPSA) is 92.6 Å². The Morgan fingerprint density at radius 2 is 1.75 bits per heavy atom. The fraction of sp³-hybridized carbons (Fsp3) is 0.524. The van der Waals surface area contributed by atoms with Gasteiger partial charge < -0.3 is 0 Å². The number of aromatic nitrogens is 2. The van der Waals surface area contributed by atoms with Crippen LogP contribution < -0.4 is 16.4 Å². The highest BCUT2D eigenvalue weighted by Crippen LogP contribution is 2.61. The van der Waals surface area contributed by atoms with Gasteiger partial charge in [0.05, 0.1) is 0 Å². The minimum absolute atomic E-state index is 0.0983. The summed E-state index contributed by atoms with van der Waals surface area (Å²) >= 11 is 0. The third kappa shape index (κ3) is 2.99. The van der Waals surface area contributed by atoms with Crippen LogP contribution in [0.1, 0.15) is 55.3 Å². The van der Waals surface area contributed by atoms with Gasteiger partial charge in [-0.15, -0.1) is 0 Å². The fourth-order valence-corrected chi connectivity index (χ4v) is 6.27. The second-order valence-corrected chi connectivity index (χ2v) is 9.00. The van der Waals surface area contributed by atoms with Crippen LogP contribution in [-0.4, -0.2) is 21.2 Å². The van der Waals surface area contributed by atoms with Crippen LogP contribution in [-0.2, 0) is 4.79 Å². The van der Waals surface area contributed by atoms with Gasteiger partial charge in [-0.1, -0.05) is 6.07 Å². The molecule has 7 heteroatoms. The number of rotatable bonds is 3. The number of fused-ring (bicyclic) bond motifs is 1. The van der Waals surface area contributed by atoms with Crippen LogP contribution in [0.4, 0.5) is 0 Å². The van der Waals surface area contributed by atoms with Crippen molar-refractivity contribution in [2.75, 3.05) is 0 Å². The lowest BCUT2D eigenvalue weighted by Crippen LogP contribution is -2.50. The maximum absolute atomic E-state index is 12.5. The molecule has 6 rings (SSSR count). The standard InChI is InChI=1S/C21H24N4O3/c26-18(11-21-8-13-5-14(9-21)7-15(6-13)10-21)23-24-19(27)16-12-22-17-3-1-2-4-25(17)20(16)28/h1-4,12-15H,5-11H2,(H,23,26)(H,24,27). The van der Waals surface area contributed by atoms with E-state index < -0.39 is 11.5 Å². The molecule has 2 N–H and O–H groups in total. The summed E-state index contributed by atoms with van der Waals surface area (Å²) in [4.78, 5) is 41.5. The van der Waals surface area contributed by atoms with Crippen molar-refractivity contribution in [1.29, 1.82) is 0 Å². The summed E-state index contributed by atoms with van der Waals surface area (Å²) in [5.41, 5.74) is 4.93. The number of hydrogen-bond donors (Lipinski definition) is 2. The number of nitrogens with one attached hydrogen (secondary N) is 2. The number of amides is 2. The van der Waals surface area contributed by atoms with E-state index in [1.54, 1.807) is 24.4 Å². The van der Waals surface area contributed by atoms with E-state index in [1.165, 1.54) is 29.9 Å². The Balaban J connectivity index is 1.24. The molecule has 0 atom stereocenters. The van der Waals surface area contributed by atoms with E-state index in [4.69, 9.17) is 0 Å². The van der Waals surface area contributed by atoms with Gasteiger partial charge in [-0.05, 0) is 73.8 Å². The first-order valence-corrected chi connectivity index (χ1v) is 10.1. The van der Waals surface area contributed by atoms with Crippen LogP contribution in [0.15, 0.2) is 35.4 Å². The van der Waals surface area contributed by atoms with Gasteiger partial charge in [0.15, 0.2) is 0 Å². The van der Waals surface area contributed by atoms with E-state index in [-0.39, 0.29) is 16.9 Å². The van der Waals surface area contributed by atoms with Gasteiger partial charge >= 0.3 is 0 Å². The van der Waals surface area contributed by atoms with Crippen molar-refractivity contribution in [3.8, 4) is 0 Å². The maximum Gasteiger partial charge on any atom is 0.276 e. The van der Waals surface area contributed by atoms with Crippen molar-refractivity contribution in [3.63, 3.8) is 0 Å². The predicted molar refractivity (Wildman–Crippen MR) is 102 cm³/mol. The lowest BCUT2D eigenvalue weighted by atomic mass is 9.49. The van der Waals surface area contributed by atoms with E-state index in [0.29, 0.717) is 12.1 Å². The molecule has 2 amide bonds. The number of nitrogens with zero attached hydrogens (tertiary/aromatic N) is 2. The van der Waals surface area contributed by atoms with Gasteiger partial charge in [-0.3, -0.25) is 29.6 Å². The average Bonchev–Trinajstić information content (AvgIpc) is 2.65. The molecule has 0 radical (unpaired) electrons. The summed E-state index contributed by atoms with van der Waals surface area (Å²) in [6.45, 7) is 0. The molecule has 0 unspecified atom stereocenters. The molecule has 4 saturated carbocycles. The molecule has 0 spiro atoms. The van der Waals surface area contributed by atoms with Crippen LogP contribution in [0, 0.1) is 23.2 Å². The van der Waals surface area contributed by atoms with Gasteiger partial charge in [0.1, 0.15) is 11.2 Å². The molecule has 4 aliphatic rings. The molecule has 4 aliphatic carbocycles. The van der Waals surface area contributed by atoms with Crippen LogP contribution in [0.25, 0.3) is 5.65 Å². The van der Waals surface area contributed by atoms with E-state index in [2.05, 4.69) is 15.8 Å². The molecular formula is C21H24N4O3. The summed E-state index contributed by atoms with van der Waals surface area (Å²) < 4.78 is 1.31. The van der Waals surface area contributed by atoms with Crippen LogP contribution in [0.2, 0.25) is 0 Å². The number of carbonyl (C=O) groups is 2. The zero-order chi connectivity index (χ0) is 19.3. The third-order valence-corrected chi connectivity index (χ3v) is 6.87. The van der Waals surface area contributed by atoms with Crippen molar-refractivity contribution in [2.45, 2.75) is 44.9 Å². The zero-order valence-electron chi connectivity index (χ0n) is 15.7. The van der Waals surface area contributed by atoms with E-state index in [9.17, 15) is 14.4 Å². The number of hydrazine groups is 1. The molecule has 2 heterocycles. The first-order valence-electron chi connectivity index (χ1n) is 10.1. The molecule has 2 aromatic rings. The Morgan fingerprint density at radius 1 is 1.07 bits per heavy atom. The Morgan fingerprint density at radius 3 is 2.43 bits per heavy atom. The van der Waals surface area contributed by atoms with Gasteiger partial charge in [0.2, 0.25) is 5.91 Å². The molecule has 0 aromatic carbocycles. The lowest BCUT2D eigenvalue weighted by molar-refractivity contribution is -0.130. The van der Waals surface area contributed by atoms with Gasteiger partial charge in [0, 0.05) is 18.8 Å². The molecule has 28 heavy (non-hydrogen) atoms. The van der Waals surface area contributed by atoms with Gasteiger partial charge in [-0.2, -0.15) is 0 Å². The highest BCUT2D eigenvalue weighted by atomic mass is 16.2. The summed E-state index contributed by atoms with van der Waals surface area (Å²) in [7, 11) is 0. The molecule has 4 bridgehead atoms. The highest BCUT2D eigenvalue weighted by Gasteiger charge is 2.51. The van der Waals surface area contributed by atoms with Crippen LogP contribution >= 0.6 is 0 Å².